The average molecular weight is 215 g/mol. The number of fused-ring (bicyclic) bond motifs is 1. The Hall–Kier alpha value is -0.820. The van der Waals surface area contributed by atoms with E-state index in [4.69, 9.17) is 5.73 Å². The molecule has 0 bridgehead atoms. The van der Waals surface area contributed by atoms with Crippen LogP contribution in [0.15, 0.2) is 18.2 Å². The van der Waals surface area contributed by atoms with Crippen molar-refractivity contribution >= 4 is 0 Å². The molecular formula is C15H21N. The second-order valence-corrected chi connectivity index (χ2v) is 5.98. The summed E-state index contributed by atoms with van der Waals surface area (Å²) < 4.78 is 0. The van der Waals surface area contributed by atoms with Crippen molar-refractivity contribution < 1.29 is 0 Å². The molecule has 3 rings (SSSR count). The van der Waals surface area contributed by atoms with Gasteiger partial charge in [-0.25, -0.2) is 0 Å². The molecule has 2 aliphatic carbocycles. The van der Waals surface area contributed by atoms with E-state index in [0.717, 1.165) is 12.3 Å². The maximum absolute atomic E-state index is 6.13. The zero-order chi connectivity index (χ0) is 11.2. The van der Waals surface area contributed by atoms with Crippen LogP contribution in [0.4, 0.5) is 0 Å². The Kier molecular flexibility index (Phi) is 2.32. The summed E-state index contributed by atoms with van der Waals surface area (Å²) in [4.78, 5) is 0. The molecule has 1 nitrogen and oxygen atoms in total. The van der Waals surface area contributed by atoms with Crippen LogP contribution in [-0.2, 0) is 19.3 Å². The summed E-state index contributed by atoms with van der Waals surface area (Å²) in [5.41, 5.74) is 11.0. The minimum Gasteiger partial charge on any atom is -0.325 e. The van der Waals surface area contributed by atoms with Crippen molar-refractivity contribution in [2.45, 2.75) is 51.0 Å². The van der Waals surface area contributed by atoms with Gasteiger partial charge in [-0.2, -0.15) is 0 Å². The van der Waals surface area contributed by atoms with E-state index in [-0.39, 0.29) is 5.54 Å². The monoisotopic (exact) mass is 215 g/mol. The van der Waals surface area contributed by atoms with Crippen molar-refractivity contribution in [2.24, 2.45) is 11.7 Å². The third kappa shape index (κ3) is 2.01. The highest BCUT2D eigenvalue weighted by Crippen LogP contribution is 2.37. The average Bonchev–Trinajstić information content (AvgIpc) is 2.87. The van der Waals surface area contributed by atoms with E-state index in [1.54, 1.807) is 11.1 Å². The topological polar surface area (TPSA) is 26.0 Å². The standard InChI is InChI=1S/C15H21N/c1-11-8-13-3-2-12(10-14(13)9-11)4-5-15(16)6-7-15/h2-3,10-11H,4-9,16H2,1H3. The normalized spacial score (nSPS) is 25.5. The van der Waals surface area contributed by atoms with Gasteiger partial charge in [-0.15, -0.1) is 0 Å². The molecule has 0 saturated heterocycles. The molecule has 16 heavy (non-hydrogen) atoms. The first kappa shape index (κ1) is 10.3. The lowest BCUT2D eigenvalue weighted by atomic mass is 10.0. The summed E-state index contributed by atoms with van der Waals surface area (Å²) in [5, 5.41) is 0. The predicted molar refractivity (Wildman–Crippen MR) is 67.5 cm³/mol. The van der Waals surface area contributed by atoms with Crippen molar-refractivity contribution in [2.75, 3.05) is 0 Å². The summed E-state index contributed by atoms with van der Waals surface area (Å²) in [6, 6.07) is 7.07. The van der Waals surface area contributed by atoms with Crippen LogP contribution >= 0.6 is 0 Å². The van der Waals surface area contributed by atoms with Gasteiger partial charge in [0.15, 0.2) is 0 Å². The van der Waals surface area contributed by atoms with Crippen LogP contribution < -0.4 is 5.73 Å². The lowest BCUT2D eigenvalue weighted by Gasteiger charge is -2.09. The highest BCUT2D eigenvalue weighted by molar-refractivity contribution is 5.36. The first-order valence-electron chi connectivity index (χ1n) is 6.54. The van der Waals surface area contributed by atoms with Crippen molar-refractivity contribution in [3.63, 3.8) is 0 Å². The molecule has 0 amide bonds. The molecule has 1 atom stereocenters. The van der Waals surface area contributed by atoms with E-state index >= 15 is 0 Å². The summed E-state index contributed by atoms with van der Waals surface area (Å²) in [7, 11) is 0. The Morgan fingerprint density at radius 3 is 2.75 bits per heavy atom. The van der Waals surface area contributed by atoms with Crippen LogP contribution in [0.3, 0.4) is 0 Å². The molecule has 0 aliphatic heterocycles. The molecule has 0 aromatic heterocycles. The van der Waals surface area contributed by atoms with Gasteiger partial charge in [0.05, 0.1) is 0 Å². The van der Waals surface area contributed by atoms with Gasteiger partial charge in [-0.3, -0.25) is 0 Å². The van der Waals surface area contributed by atoms with Gasteiger partial charge in [0, 0.05) is 5.54 Å². The molecule has 1 saturated carbocycles. The molecule has 1 fully saturated rings. The van der Waals surface area contributed by atoms with Gasteiger partial charge in [0.25, 0.3) is 0 Å². The van der Waals surface area contributed by atoms with E-state index in [2.05, 4.69) is 25.1 Å². The van der Waals surface area contributed by atoms with Crippen LogP contribution in [0.2, 0.25) is 0 Å². The summed E-state index contributed by atoms with van der Waals surface area (Å²) in [5.74, 6) is 0.842. The largest absolute Gasteiger partial charge is 0.325 e. The Labute approximate surface area is 98.0 Å². The van der Waals surface area contributed by atoms with Gasteiger partial charge >= 0.3 is 0 Å². The van der Waals surface area contributed by atoms with Crippen molar-refractivity contribution in [1.29, 1.82) is 0 Å². The van der Waals surface area contributed by atoms with Gasteiger partial charge in [0.1, 0.15) is 0 Å². The highest BCUT2D eigenvalue weighted by atomic mass is 14.8. The number of benzene rings is 1. The predicted octanol–water partition coefficient (Wildman–Crippen LogP) is 2.85. The van der Waals surface area contributed by atoms with E-state index in [0.29, 0.717) is 0 Å². The molecule has 1 heteroatoms. The number of rotatable bonds is 3. The minimum absolute atomic E-state index is 0.201. The first-order valence-corrected chi connectivity index (χ1v) is 6.54. The third-order valence-corrected chi connectivity index (χ3v) is 4.21. The summed E-state index contributed by atoms with van der Waals surface area (Å²) in [6.45, 7) is 2.35. The van der Waals surface area contributed by atoms with Crippen molar-refractivity contribution in [3.05, 3.63) is 34.9 Å². The molecule has 0 spiro atoms. The summed E-state index contributed by atoms with van der Waals surface area (Å²) >= 11 is 0. The van der Waals surface area contributed by atoms with Crippen LogP contribution in [0.25, 0.3) is 0 Å². The molecule has 86 valence electrons. The lowest BCUT2D eigenvalue weighted by Crippen LogP contribution is -2.22. The Morgan fingerprint density at radius 1 is 1.25 bits per heavy atom. The van der Waals surface area contributed by atoms with Crippen molar-refractivity contribution in [1.82, 2.24) is 0 Å². The summed E-state index contributed by atoms with van der Waals surface area (Å²) in [6.07, 6.45) is 7.34. The van der Waals surface area contributed by atoms with Gasteiger partial charge < -0.3 is 5.73 Å². The first-order chi connectivity index (χ1) is 7.65. The smallest absolute Gasteiger partial charge is 0.0158 e. The molecule has 2 N–H and O–H groups in total. The second kappa shape index (κ2) is 3.59. The fraction of sp³-hybridized carbons (Fsp3) is 0.600. The van der Waals surface area contributed by atoms with Crippen LogP contribution in [-0.4, -0.2) is 5.54 Å². The lowest BCUT2D eigenvalue weighted by molar-refractivity contribution is 0.608. The van der Waals surface area contributed by atoms with Gasteiger partial charge in [-0.05, 0) is 61.1 Å². The zero-order valence-electron chi connectivity index (χ0n) is 10.1. The van der Waals surface area contributed by atoms with E-state index in [1.165, 1.54) is 37.7 Å². The van der Waals surface area contributed by atoms with Crippen LogP contribution in [0, 0.1) is 5.92 Å². The molecule has 2 aliphatic rings. The Bertz CT molecular complexity index is 404. The van der Waals surface area contributed by atoms with E-state index in [1.807, 2.05) is 0 Å². The zero-order valence-corrected chi connectivity index (χ0v) is 10.1. The third-order valence-electron chi connectivity index (χ3n) is 4.21. The number of nitrogens with two attached hydrogens (primary N) is 1. The molecule has 0 radical (unpaired) electrons. The number of hydrogen-bond donors (Lipinski definition) is 1. The molecule has 1 aromatic rings. The SMILES string of the molecule is CC1Cc2ccc(CCC3(N)CC3)cc2C1. The van der Waals surface area contributed by atoms with Gasteiger partial charge in [-0.1, -0.05) is 25.1 Å². The maximum Gasteiger partial charge on any atom is 0.0158 e. The van der Waals surface area contributed by atoms with Crippen LogP contribution in [0.5, 0.6) is 0 Å². The maximum atomic E-state index is 6.13. The number of aryl methyl sites for hydroxylation is 1. The minimum atomic E-state index is 0.201. The molecule has 0 heterocycles. The fourth-order valence-electron chi connectivity index (χ4n) is 2.85. The van der Waals surface area contributed by atoms with Crippen molar-refractivity contribution in [3.8, 4) is 0 Å². The quantitative estimate of drug-likeness (QED) is 0.824. The van der Waals surface area contributed by atoms with E-state index < -0.39 is 0 Å². The van der Waals surface area contributed by atoms with Crippen LogP contribution in [0.1, 0.15) is 42.9 Å². The Balaban J connectivity index is 1.70. The Morgan fingerprint density at radius 2 is 2.00 bits per heavy atom. The highest BCUT2D eigenvalue weighted by Gasteiger charge is 2.37. The number of hydrogen-bond acceptors (Lipinski definition) is 1. The molecular weight excluding hydrogens is 194 g/mol. The molecule has 1 aromatic carbocycles. The second-order valence-electron chi connectivity index (χ2n) is 5.98. The fourth-order valence-corrected chi connectivity index (χ4v) is 2.85. The van der Waals surface area contributed by atoms with E-state index in [9.17, 15) is 0 Å². The van der Waals surface area contributed by atoms with Gasteiger partial charge in [0.2, 0.25) is 0 Å². The molecule has 1 unspecified atom stereocenters.